The zero-order valence-electron chi connectivity index (χ0n) is 15.8. The molecule has 154 valence electrons. The van der Waals surface area contributed by atoms with Crippen LogP contribution in [0.25, 0.3) is 10.2 Å². The molecular weight excluding hydrogens is 442 g/mol. The highest BCUT2D eigenvalue weighted by atomic mass is 32.2. The van der Waals surface area contributed by atoms with Gasteiger partial charge in [-0.3, -0.25) is 4.79 Å². The average Bonchev–Trinajstić information content (AvgIpc) is 3.41. The molecule has 2 N–H and O–H groups in total. The van der Waals surface area contributed by atoms with E-state index in [0.29, 0.717) is 11.4 Å². The number of aromatic nitrogens is 1. The van der Waals surface area contributed by atoms with Crippen molar-refractivity contribution in [3.8, 4) is 0 Å². The minimum atomic E-state index is -3.79. The molecule has 4 aromatic rings. The van der Waals surface area contributed by atoms with Crippen LogP contribution in [0.4, 0.5) is 5.69 Å². The van der Waals surface area contributed by atoms with Crippen molar-refractivity contribution in [1.82, 2.24) is 9.71 Å². The molecule has 7 nitrogen and oxygen atoms in total. The first-order chi connectivity index (χ1) is 14.4. The van der Waals surface area contributed by atoms with E-state index in [1.807, 2.05) is 18.4 Å². The predicted molar refractivity (Wildman–Crippen MR) is 119 cm³/mol. The molecule has 0 saturated carbocycles. The van der Waals surface area contributed by atoms with Gasteiger partial charge in [0.05, 0.1) is 27.9 Å². The monoisotopic (exact) mass is 459 g/mol. The number of rotatable bonds is 7. The molecule has 2 aromatic carbocycles. The fraction of sp³-hybridized carbons (Fsp3) is 0.100. The summed E-state index contributed by atoms with van der Waals surface area (Å²) < 4.78 is 34.6. The van der Waals surface area contributed by atoms with Crippen LogP contribution in [-0.4, -0.2) is 25.6 Å². The summed E-state index contributed by atoms with van der Waals surface area (Å²) in [5.74, 6) is 0.0996. The maximum Gasteiger partial charge on any atom is 0.255 e. The van der Waals surface area contributed by atoms with Gasteiger partial charge < -0.3 is 9.73 Å². The summed E-state index contributed by atoms with van der Waals surface area (Å²) in [6.45, 7) is 0.0264. The van der Waals surface area contributed by atoms with E-state index in [9.17, 15) is 13.2 Å². The van der Waals surface area contributed by atoms with E-state index in [1.165, 1.54) is 24.5 Å². The van der Waals surface area contributed by atoms with Gasteiger partial charge in [0.15, 0.2) is 4.34 Å². The third-order valence-electron chi connectivity index (χ3n) is 4.22. The second-order valence-electron chi connectivity index (χ2n) is 6.25. The first-order valence-corrected chi connectivity index (χ1v) is 12.3. The van der Waals surface area contributed by atoms with Crippen LogP contribution in [0.15, 0.2) is 74.5 Å². The van der Waals surface area contributed by atoms with Crippen LogP contribution in [-0.2, 0) is 16.6 Å². The Morgan fingerprint density at radius 1 is 1.17 bits per heavy atom. The number of amides is 1. The fourth-order valence-corrected chi connectivity index (χ4v) is 5.31. The van der Waals surface area contributed by atoms with Crippen molar-refractivity contribution in [1.29, 1.82) is 0 Å². The topological polar surface area (TPSA) is 101 Å². The number of nitrogens with zero attached hydrogens (tertiary/aromatic N) is 1. The predicted octanol–water partition coefficient (Wildman–Crippen LogP) is 4.34. The summed E-state index contributed by atoms with van der Waals surface area (Å²) in [5, 5.41) is 2.81. The van der Waals surface area contributed by atoms with Crippen LogP contribution in [0.1, 0.15) is 16.1 Å². The molecule has 0 aliphatic heterocycles. The molecule has 0 atom stereocenters. The molecule has 0 spiro atoms. The van der Waals surface area contributed by atoms with Gasteiger partial charge in [-0.25, -0.2) is 18.1 Å². The SMILES string of the molecule is CSc1nc2ccc(NC(=O)c3cccc(S(=O)(=O)NCc4ccco4)c3)cc2s1. The van der Waals surface area contributed by atoms with Crippen molar-refractivity contribution in [2.24, 2.45) is 0 Å². The number of sulfonamides is 1. The van der Waals surface area contributed by atoms with E-state index >= 15 is 0 Å². The quantitative estimate of drug-likeness (QED) is 0.399. The summed E-state index contributed by atoms with van der Waals surface area (Å²) in [5.41, 5.74) is 1.73. The molecule has 4 rings (SSSR count). The van der Waals surface area contributed by atoms with Crippen molar-refractivity contribution in [3.63, 3.8) is 0 Å². The van der Waals surface area contributed by atoms with E-state index in [-0.39, 0.29) is 17.0 Å². The smallest absolute Gasteiger partial charge is 0.255 e. The number of thioether (sulfide) groups is 1. The van der Waals surface area contributed by atoms with Crippen molar-refractivity contribution >= 4 is 54.9 Å². The second kappa shape index (κ2) is 8.60. The van der Waals surface area contributed by atoms with Gasteiger partial charge in [-0.15, -0.1) is 11.3 Å². The number of benzene rings is 2. The van der Waals surface area contributed by atoms with Gasteiger partial charge in [0.25, 0.3) is 5.91 Å². The number of thiazole rings is 1. The number of fused-ring (bicyclic) bond motifs is 1. The Bertz CT molecular complexity index is 1300. The maximum atomic E-state index is 12.7. The lowest BCUT2D eigenvalue weighted by Gasteiger charge is -2.09. The molecule has 0 aliphatic carbocycles. The number of anilines is 1. The lowest BCUT2D eigenvalue weighted by Crippen LogP contribution is -2.23. The van der Waals surface area contributed by atoms with Crippen molar-refractivity contribution < 1.29 is 17.6 Å². The van der Waals surface area contributed by atoms with E-state index in [0.717, 1.165) is 14.6 Å². The number of hydrogen-bond acceptors (Lipinski definition) is 7. The minimum absolute atomic E-state index is 0.00391. The third-order valence-corrected chi connectivity index (χ3v) is 7.63. The van der Waals surface area contributed by atoms with Crippen molar-refractivity contribution in [3.05, 3.63) is 72.2 Å². The van der Waals surface area contributed by atoms with E-state index < -0.39 is 15.9 Å². The molecule has 0 aliphatic rings. The number of carbonyl (C=O) groups excluding carboxylic acids is 1. The third kappa shape index (κ3) is 4.57. The first kappa shape index (κ1) is 20.6. The minimum Gasteiger partial charge on any atom is -0.468 e. The van der Waals surface area contributed by atoms with Gasteiger partial charge >= 0.3 is 0 Å². The van der Waals surface area contributed by atoms with Gasteiger partial charge in [-0.2, -0.15) is 0 Å². The molecule has 1 amide bonds. The zero-order chi connectivity index (χ0) is 21.1. The van der Waals surface area contributed by atoms with E-state index in [4.69, 9.17) is 4.42 Å². The standard InChI is InChI=1S/C20H17N3O4S3/c1-28-20-23-17-8-7-14(11-18(17)29-20)22-19(24)13-4-2-6-16(10-13)30(25,26)21-12-15-5-3-9-27-15/h2-11,21H,12H2,1H3,(H,22,24). The molecule has 10 heteroatoms. The average molecular weight is 460 g/mol. The summed E-state index contributed by atoms with van der Waals surface area (Å²) in [4.78, 5) is 17.2. The lowest BCUT2D eigenvalue weighted by atomic mass is 10.2. The van der Waals surface area contributed by atoms with Gasteiger partial charge in [-0.1, -0.05) is 17.8 Å². The molecule has 0 radical (unpaired) electrons. The number of carbonyl (C=O) groups is 1. The first-order valence-electron chi connectivity index (χ1n) is 8.83. The lowest BCUT2D eigenvalue weighted by molar-refractivity contribution is 0.102. The second-order valence-corrected chi connectivity index (χ2v) is 10.1. The Balaban J connectivity index is 1.50. The van der Waals surface area contributed by atoms with Crippen LogP contribution in [0.2, 0.25) is 0 Å². The van der Waals surface area contributed by atoms with Crippen LogP contribution in [0, 0.1) is 0 Å². The Kier molecular flexibility index (Phi) is 5.91. The molecule has 0 fully saturated rings. The molecule has 0 bridgehead atoms. The Morgan fingerprint density at radius 3 is 2.80 bits per heavy atom. The molecular formula is C20H17N3O4S3. The molecule has 30 heavy (non-hydrogen) atoms. The summed E-state index contributed by atoms with van der Waals surface area (Å²) in [6.07, 6.45) is 3.44. The van der Waals surface area contributed by atoms with E-state index in [2.05, 4.69) is 15.0 Å². The number of nitrogens with one attached hydrogen (secondary N) is 2. The van der Waals surface area contributed by atoms with Gasteiger partial charge in [-0.05, 0) is 54.8 Å². The normalized spacial score (nSPS) is 11.6. The van der Waals surface area contributed by atoms with Gasteiger partial charge in [0, 0.05) is 11.3 Å². The van der Waals surface area contributed by atoms with Gasteiger partial charge in [0.2, 0.25) is 10.0 Å². The van der Waals surface area contributed by atoms with Crippen LogP contribution >= 0.6 is 23.1 Å². The van der Waals surface area contributed by atoms with Crippen LogP contribution in [0.3, 0.4) is 0 Å². The summed E-state index contributed by atoms with van der Waals surface area (Å²) in [6, 6.07) is 14.7. The fourth-order valence-electron chi connectivity index (χ4n) is 2.74. The number of furan rings is 1. The Morgan fingerprint density at radius 2 is 2.03 bits per heavy atom. The number of hydrogen-bond donors (Lipinski definition) is 2. The van der Waals surface area contributed by atoms with Crippen molar-refractivity contribution in [2.75, 3.05) is 11.6 Å². The van der Waals surface area contributed by atoms with Crippen LogP contribution in [0.5, 0.6) is 0 Å². The molecule has 0 saturated heterocycles. The van der Waals surface area contributed by atoms with Gasteiger partial charge in [0.1, 0.15) is 5.76 Å². The Hall–Kier alpha value is -2.66. The molecule has 2 heterocycles. The highest BCUT2D eigenvalue weighted by Gasteiger charge is 2.17. The summed E-state index contributed by atoms with van der Waals surface area (Å²) in [7, 11) is -3.79. The molecule has 0 unspecified atom stereocenters. The largest absolute Gasteiger partial charge is 0.468 e. The Labute approximate surface area is 181 Å². The maximum absolute atomic E-state index is 12.7. The highest BCUT2D eigenvalue weighted by Crippen LogP contribution is 2.30. The highest BCUT2D eigenvalue weighted by molar-refractivity contribution is 8.00. The molecule has 2 aromatic heterocycles. The zero-order valence-corrected chi connectivity index (χ0v) is 18.2. The van der Waals surface area contributed by atoms with Crippen molar-refractivity contribution in [2.45, 2.75) is 15.8 Å². The van der Waals surface area contributed by atoms with E-state index in [1.54, 1.807) is 47.4 Å². The summed E-state index contributed by atoms with van der Waals surface area (Å²) >= 11 is 3.12. The van der Waals surface area contributed by atoms with Crippen LogP contribution < -0.4 is 10.0 Å².